The van der Waals surface area contributed by atoms with Gasteiger partial charge < -0.3 is 15.2 Å². The van der Waals surface area contributed by atoms with Crippen LogP contribution in [0.4, 0.5) is 5.69 Å². The lowest BCUT2D eigenvalue weighted by molar-refractivity contribution is 0.283. The van der Waals surface area contributed by atoms with Crippen LogP contribution in [0, 0.1) is 0 Å². The van der Waals surface area contributed by atoms with Crippen LogP contribution >= 0.6 is 0 Å². The second kappa shape index (κ2) is 7.99. The molecule has 0 spiro atoms. The van der Waals surface area contributed by atoms with Crippen molar-refractivity contribution in [3.05, 3.63) is 24.3 Å². The van der Waals surface area contributed by atoms with E-state index in [1.54, 1.807) is 0 Å². The molecule has 1 rings (SSSR count). The third kappa shape index (κ3) is 4.53. The Morgan fingerprint density at radius 2 is 2.00 bits per heavy atom. The fourth-order valence-electron chi connectivity index (χ4n) is 1.53. The predicted octanol–water partition coefficient (Wildman–Crippen LogP) is 2.66. The summed E-state index contributed by atoms with van der Waals surface area (Å²) in [6.07, 6.45) is 3.01. The van der Waals surface area contributed by atoms with E-state index in [4.69, 9.17) is 9.84 Å². The summed E-state index contributed by atoms with van der Waals surface area (Å²) in [6.45, 7) is 3.88. The molecule has 0 amide bonds. The maximum absolute atomic E-state index is 8.66. The van der Waals surface area contributed by atoms with Gasteiger partial charge in [-0.05, 0) is 38.3 Å². The first-order valence-electron chi connectivity index (χ1n) is 5.95. The standard InChI is InChI=1S/C13H21NO2/c1-2-16-13-9-5-4-8-12(13)14-10-6-3-7-11-15/h4-5,8-9,14-15H,2-3,6-7,10-11H2,1H3. The number of para-hydroxylation sites is 2. The van der Waals surface area contributed by atoms with Crippen LogP contribution < -0.4 is 10.1 Å². The highest BCUT2D eigenvalue weighted by molar-refractivity contribution is 5.56. The van der Waals surface area contributed by atoms with Gasteiger partial charge in [-0.15, -0.1) is 0 Å². The number of unbranched alkanes of at least 4 members (excludes halogenated alkanes) is 2. The summed E-state index contributed by atoms with van der Waals surface area (Å²) in [4.78, 5) is 0. The smallest absolute Gasteiger partial charge is 0.142 e. The molecule has 0 atom stereocenters. The summed E-state index contributed by atoms with van der Waals surface area (Å²) in [6, 6.07) is 7.97. The van der Waals surface area contributed by atoms with Crippen LogP contribution in [0.25, 0.3) is 0 Å². The molecule has 0 unspecified atom stereocenters. The monoisotopic (exact) mass is 223 g/mol. The van der Waals surface area contributed by atoms with Crippen molar-refractivity contribution in [1.29, 1.82) is 0 Å². The number of aliphatic hydroxyl groups excluding tert-OH is 1. The Bertz CT molecular complexity index is 289. The zero-order valence-electron chi connectivity index (χ0n) is 9.91. The zero-order chi connectivity index (χ0) is 11.6. The van der Waals surface area contributed by atoms with Crippen molar-refractivity contribution in [2.75, 3.05) is 25.1 Å². The second-order valence-electron chi connectivity index (χ2n) is 3.64. The number of nitrogens with one attached hydrogen (secondary N) is 1. The van der Waals surface area contributed by atoms with Crippen molar-refractivity contribution in [3.8, 4) is 5.75 Å². The minimum atomic E-state index is 0.287. The molecule has 0 bridgehead atoms. The Kier molecular flexibility index (Phi) is 6.42. The molecule has 0 aromatic heterocycles. The van der Waals surface area contributed by atoms with E-state index in [9.17, 15) is 0 Å². The number of rotatable bonds is 8. The largest absolute Gasteiger partial charge is 0.492 e. The van der Waals surface area contributed by atoms with Gasteiger partial charge in [0, 0.05) is 13.2 Å². The molecular formula is C13H21NO2. The van der Waals surface area contributed by atoms with Gasteiger partial charge >= 0.3 is 0 Å². The molecule has 16 heavy (non-hydrogen) atoms. The first-order chi connectivity index (χ1) is 7.88. The number of aliphatic hydroxyl groups is 1. The number of hydrogen-bond donors (Lipinski definition) is 2. The molecule has 0 radical (unpaired) electrons. The normalized spacial score (nSPS) is 10.1. The van der Waals surface area contributed by atoms with Crippen molar-refractivity contribution < 1.29 is 9.84 Å². The van der Waals surface area contributed by atoms with E-state index in [1.807, 2.05) is 31.2 Å². The van der Waals surface area contributed by atoms with Crippen molar-refractivity contribution in [2.24, 2.45) is 0 Å². The highest BCUT2D eigenvalue weighted by Crippen LogP contribution is 2.23. The van der Waals surface area contributed by atoms with E-state index in [1.165, 1.54) is 0 Å². The molecule has 0 saturated heterocycles. The van der Waals surface area contributed by atoms with Crippen molar-refractivity contribution in [1.82, 2.24) is 0 Å². The highest BCUT2D eigenvalue weighted by Gasteiger charge is 2.00. The lowest BCUT2D eigenvalue weighted by Gasteiger charge is -2.11. The summed E-state index contributed by atoms with van der Waals surface area (Å²) in [5, 5.41) is 12.0. The third-order valence-electron chi connectivity index (χ3n) is 2.34. The number of ether oxygens (including phenoxy) is 1. The third-order valence-corrected chi connectivity index (χ3v) is 2.34. The molecule has 0 saturated carbocycles. The van der Waals surface area contributed by atoms with Crippen molar-refractivity contribution in [3.63, 3.8) is 0 Å². The summed E-state index contributed by atoms with van der Waals surface area (Å²) in [7, 11) is 0. The molecule has 1 aromatic carbocycles. The van der Waals surface area contributed by atoms with Gasteiger partial charge in [0.25, 0.3) is 0 Å². The molecule has 1 aromatic rings. The molecule has 2 N–H and O–H groups in total. The molecule has 0 aliphatic carbocycles. The first kappa shape index (κ1) is 12.8. The SMILES string of the molecule is CCOc1ccccc1NCCCCCO. The van der Waals surface area contributed by atoms with Crippen LogP contribution in [-0.4, -0.2) is 24.9 Å². The van der Waals surface area contributed by atoms with E-state index in [0.717, 1.165) is 37.2 Å². The van der Waals surface area contributed by atoms with Crippen molar-refractivity contribution in [2.45, 2.75) is 26.2 Å². The maximum atomic E-state index is 8.66. The predicted molar refractivity (Wildman–Crippen MR) is 67.0 cm³/mol. The Hall–Kier alpha value is -1.22. The quantitative estimate of drug-likeness (QED) is 0.666. The first-order valence-corrected chi connectivity index (χ1v) is 5.95. The average Bonchev–Trinajstić information content (AvgIpc) is 2.31. The van der Waals surface area contributed by atoms with E-state index < -0.39 is 0 Å². The lowest BCUT2D eigenvalue weighted by Crippen LogP contribution is -2.04. The van der Waals surface area contributed by atoms with E-state index >= 15 is 0 Å². The summed E-state index contributed by atoms with van der Waals surface area (Å²) in [5.41, 5.74) is 1.05. The molecule has 0 aliphatic heterocycles. The van der Waals surface area contributed by atoms with Crippen LogP contribution in [0.1, 0.15) is 26.2 Å². The Balaban J connectivity index is 2.34. The van der Waals surface area contributed by atoms with Crippen LogP contribution in [0.3, 0.4) is 0 Å². The zero-order valence-corrected chi connectivity index (χ0v) is 9.91. The Labute approximate surface area is 97.4 Å². The second-order valence-corrected chi connectivity index (χ2v) is 3.64. The molecule has 0 aliphatic rings. The van der Waals surface area contributed by atoms with Crippen LogP contribution in [0.2, 0.25) is 0 Å². The van der Waals surface area contributed by atoms with Crippen molar-refractivity contribution >= 4 is 5.69 Å². The van der Waals surface area contributed by atoms with Gasteiger partial charge in [0.2, 0.25) is 0 Å². The number of benzene rings is 1. The summed E-state index contributed by atoms with van der Waals surface area (Å²) in [5.74, 6) is 0.909. The van der Waals surface area contributed by atoms with E-state index in [2.05, 4.69) is 5.32 Å². The van der Waals surface area contributed by atoms with Gasteiger partial charge in [0.15, 0.2) is 0 Å². The van der Waals surface area contributed by atoms with Gasteiger partial charge in [-0.3, -0.25) is 0 Å². The lowest BCUT2D eigenvalue weighted by atomic mass is 10.2. The molecule has 90 valence electrons. The van der Waals surface area contributed by atoms with Gasteiger partial charge in [-0.2, -0.15) is 0 Å². The molecular weight excluding hydrogens is 202 g/mol. The highest BCUT2D eigenvalue weighted by atomic mass is 16.5. The van der Waals surface area contributed by atoms with Gasteiger partial charge in [0.05, 0.1) is 12.3 Å². The van der Waals surface area contributed by atoms with E-state index in [0.29, 0.717) is 6.61 Å². The van der Waals surface area contributed by atoms with Gasteiger partial charge in [-0.25, -0.2) is 0 Å². The molecule has 0 fully saturated rings. The minimum absolute atomic E-state index is 0.287. The molecule has 3 nitrogen and oxygen atoms in total. The summed E-state index contributed by atoms with van der Waals surface area (Å²) >= 11 is 0. The topological polar surface area (TPSA) is 41.5 Å². The van der Waals surface area contributed by atoms with Crippen LogP contribution in [0.15, 0.2) is 24.3 Å². The van der Waals surface area contributed by atoms with Gasteiger partial charge in [-0.1, -0.05) is 12.1 Å². The number of anilines is 1. The Morgan fingerprint density at radius 3 is 2.75 bits per heavy atom. The summed E-state index contributed by atoms with van der Waals surface area (Å²) < 4.78 is 5.51. The number of hydrogen-bond acceptors (Lipinski definition) is 3. The van der Waals surface area contributed by atoms with E-state index in [-0.39, 0.29) is 6.61 Å². The maximum Gasteiger partial charge on any atom is 0.142 e. The van der Waals surface area contributed by atoms with Crippen LogP contribution in [-0.2, 0) is 0 Å². The fraction of sp³-hybridized carbons (Fsp3) is 0.538. The van der Waals surface area contributed by atoms with Crippen LogP contribution in [0.5, 0.6) is 5.75 Å². The van der Waals surface area contributed by atoms with Gasteiger partial charge in [0.1, 0.15) is 5.75 Å². The molecule has 0 heterocycles. The average molecular weight is 223 g/mol. The fourth-order valence-corrected chi connectivity index (χ4v) is 1.53. The molecule has 3 heteroatoms. The Morgan fingerprint density at radius 1 is 1.19 bits per heavy atom. The minimum Gasteiger partial charge on any atom is -0.492 e.